The van der Waals surface area contributed by atoms with Crippen LogP contribution in [-0.2, 0) is 0 Å². The molecule has 0 spiro atoms. The third-order valence-electron chi connectivity index (χ3n) is 2.38. The molecule has 1 rings (SSSR count). The number of aliphatic hydroxyl groups is 1. The van der Waals surface area contributed by atoms with E-state index in [4.69, 9.17) is 5.11 Å². The molecule has 0 aliphatic carbocycles. The van der Waals surface area contributed by atoms with Crippen LogP contribution < -0.4 is 0 Å². The molecule has 0 bridgehead atoms. The van der Waals surface area contributed by atoms with Gasteiger partial charge in [-0.1, -0.05) is 13.8 Å². The second-order valence-corrected chi connectivity index (χ2v) is 5.83. The fourth-order valence-electron chi connectivity index (χ4n) is 1.91. The van der Waals surface area contributed by atoms with Crippen molar-refractivity contribution in [3.8, 4) is 0 Å². The highest BCUT2D eigenvalue weighted by molar-refractivity contribution is 8.00. The number of nitrogens with zero attached hydrogens (tertiary/aromatic N) is 1. The van der Waals surface area contributed by atoms with Crippen molar-refractivity contribution in [3.63, 3.8) is 0 Å². The summed E-state index contributed by atoms with van der Waals surface area (Å²) in [6, 6.07) is 0. The molecule has 2 unspecified atom stereocenters. The minimum Gasteiger partial charge on any atom is -0.396 e. The Hall–Kier alpha value is 0.270. The predicted octanol–water partition coefficient (Wildman–Crippen LogP) is 1.58. The Labute approximate surface area is 85.7 Å². The Morgan fingerprint density at radius 3 is 2.38 bits per heavy atom. The van der Waals surface area contributed by atoms with Gasteiger partial charge in [0.05, 0.1) is 0 Å². The lowest BCUT2D eigenvalue weighted by atomic mass is 10.2. The van der Waals surface area contributed by atoms with Crippen LogP contribution in [-0.4, -0.2) is 46.7 Å². The molecule has 3 heteroatoms. The molecule has 0 aromatic heterocycles. The summed E-state index contributed by atoms with van der Waals surface area (Å²) in [6.45, 7) is 8.56. The lowest BCUT2D eigenvalue weighted by molar-refractivity contribution is 0.240. The molecule has 1 heterocycles. The number of thioether (sulfide) groups is 1. The third kappa shape index (κ3) is 4.34. The molecule has 13 heavy (non-hydrogen) atoms. The maximum Gasteiger partial charge on any atom is 0.0431 e. The van der Waals surface area contributed by atoms with E-state index in [1.54, 1.807) is 0 Å². The number of unbranched alkanes of at least 4 members (excludes halogenated alkanes) is 1. The molecule has 78 valence electrons. The Kier molecular flexibility index (Phi) is 5.14. The molecule has 2 atom stereocenters. The maximum absolute atomic E-state index is 8.68. The van der Waals surface area contributed by atoms with Gasteiger partial charge in [-0.25, -0.2) is 0 Å². The Bertz CT molecular complexity index is 133. The molecule has 1 aliphatic rings. The summed E-state index contributed by atoms with van der Waals surface area (Å²) in [6.07, 6.45) is 2.09. The number of rotatable bonds is 4. The summed E-state index contributed by atoms with van der Waals surface area (Å²) in [4.78, 5) is 2.53. The highest BCUT2D eigenvalue weighted by Gasteiger charge is 2.21. The average molecular weight is 203 g/mol. The van der Waals surface area contributed by atoms with Crippen LogP contribution in [0.3, 0.4) is 0 Å². The third-order valence-corrected chi connectivity index (χ3v) is 3.61. The lowest BCUT2D eigenvalue weighted by Crippen LogP contribution is -2.40. The van der Waals surface area contributed by atoms with Gasteiger partial charge in [0.1, 0.15) is 0 Å². The predicted molar refractivity (Wildman–Crippen MR) is 59.3 cm³/mol. The van der Waals surface area contributed by atoms with E-state index < -0.39 is 0 Å². The molecule has 1 saturated heterocycles. The van der Waals surface area contributed by atoms with Crippen molar-refractivity contribution in [1.29, 1.82) is 0 Å². The zero-order valence-corrected chi connectivity index (χ0v) is 9.52. The number of hydrogen-bond donors (Lipinski definition) is 1. The van der Waals surface area contributed by atoms with E-state index in [-0.39, 0.29) is 0 Å². The molecule has 0 amide bonds. The molecule has 1 N–H and O–H groups in total. The summed E-state index contributed by atoms with van der Waals surface area (Å²) in [5.41, 5.74) is 0. The van der Waals surface area contributed by atoms with Crippen LogP contribution in [0.15, 0.2) is 0 Å². The SMILES string of the molecule is CC1CN(CCCCO)CC(C)S1. The largest absolute Gasteiger partial charge is 0.396 e. The first-order valence-corrected chi connectivity index (χ1v) is 6.15. The van der Waals surface area contributed by atoms with Crippen LogP contribution in [0.2, 0.25) is 0 Å². The minimum absolute atomic E-state index is 0.341. The van der Waals surface area contributed by atoms with Gasteiger partial charge >= 0.3 is 0 Å². The summed E-state index contributed by atoms with van der Waals surface area (Å²) in [7, 11) is 0. The topological polar surface area (TPSA) is 23.5 Å². The van der Waals surface area contributed by atoms with Crippen LogP contribution in [0.4, 0.5) is 0 Å². The molecular weight excluding hydrogens is 182 g/mol. The Morgan fingerprint density at radius 2 is 1.85 bits per heavy atom. The summed E-state index contributed by atoms with van der Waals surface area (Å²) < 4.78 is 0. The normalized spacial score (nSPS) is 30.7. The zero-order valence-electron chi connectivity index (χ0n) is 8.70. The van der Waals surface area contributed by atoms with Gasteiger partial charge < -0.3 is 10.0 Å². The summed E-state index contributed by atoms with van der Waals surface area (Å²) >= 11 is 2.09. The van der Waals surface area contributed by atoms with E-state index >= 15 is 0 Å². The van der Waals surface area contributed by atoms with Crippen molar-refractivity contribution in [2.75, 3.05) is 26.2 Å². The highest BCUT2D eigenvalue weighted by Crippen LogP contribution is 2.24. The molecule has 0 aromatic rings. The Morgan fingerprint density at radius 1 is 1.23 bits per heavy atom. The quantitative estimate of drug-likeness (QED) is 0.702. The maximum atomic E-state index is 8.68. The number of aliphatic hydroxyl groups excluding tert-OH is 1. The van der Waals surface area contributed by atoms with Gasteiger partial charge in [-0.2, -0.15) is 11.8 Å². The van der Waals surface area contributed by atoms with E-state index in [0.717, 1.165) is 29.9 Å². The van der Waals surface area contributed by atoms with Crippen molar-refractivity contribution in [3.05, 3.63) is 0 Å². The van der Waals surface area contributed by atoms with E-state index in [0.29, 0.717) is 6.61 Å². The van der Waals surface area contributed by atoms with Gasteiger partial charge in [0.25, 0.3) is 0 Å². The van der Waals surface area contributed by atoms with Crippen LogP contribution in [0.5, 0.6) is 0 Å². The smallest absolute Gasteiger partial charge is 0.0431 e. The van der Waals surface area contributed by atoms with Crippen LogP contribution in [0.1, 0.15) is 26.7 Å². The first-order valence-electron chi connectivity index (χ1n) is 5.21. The van der Waals surface area contributed by atoms with E-state index in [1.165, 1.54) is 13.1 Å². The van der Waals surface area contributed by atoms with Crippen molar-refractivity contribution < 1.29 is 5.11 Å². The standard InChI is InChI=1S/C10H21NOS/c1-9-7-11(5-3-4-6-12)8-10(2)13-9/h9-10,12H,3-8H2,1-2H3. The molecule has 2 nitrogen and oxygen atoms in total. The average Bonchev–Trinajstić information content (AvgIpc) is 2.03. The molecule has 0 saturated carbocycles. The van der Waals surface area contributed by atoms with Gasteiger partial charge in [0, 0.05) is 30.2 Å². The summed E-state index contributed by atoms with van der Waals surface area (Å²) in [5.74, 6) is 0. The van der Waals surface area contributed by atoms with Crippen molar-refractivity contribution >= 4 is 11.8 Å². The number of hydrogen-bond acceptors (Lipinski definition) is 3. The lowest BCUT2D eigenvalue weighted by Gasteiger charge is -2.34. The molecule has 0 radical (unpaired) electrons. The van der Waals surface area contributed by atoms with Crippen LogP contribution >= 0.6 is 11.8 Å². The molecular formula is C10H21NOS. The first-order chi connectivity index (χ1) is 6.22. The zero-order chi connectivity index (χ0) is 9.68. The van der Waals surface area contributed by atoms with E-state index in [9.17, 15) is 0 Å². The van der Waals surface area contributed by atoms with Gasteiger partial charge in [-0.05, 0) is 19.4 Å². The van der Waals surface area contributed by atoms with Gasteiger partial charge in [0.15, 0.2) is 0 Å². The second-order valence-electron chi connectivity index (χ2n) is 3.95. The fourth-order valence-corrected chi connectivity index (χ4v) is 3.30. The first kappa shape index (κ1) is 11.3. The van der Waals surface area contributed by atoms with Gasteiger partial charge in [-0.3, -0.25) is 0 Å². The van der Waals surface area contributed by atoms with Crippen molar-refractivity contribution in [1.82, 2.24) is 4.90 Å². The Balaban J connectivity index is 2.17. The molecule has 1 fully saturated rings. The monoisotopic (exact) mass is 203 g/mol. The van der Waals surface area contributed by atoms with E-state index in [1.807, 2.05) is 0 Å². The fraction of sp³-hybridized carbons (Fsp3) is 1.00. The van der Waals surface area contributed by atoms with E-state index in [2.05, 4.69) is 30.5 Å². The van der Waals surface area contributed by atoms with Gasteiger partial charge in [0.2, 0.25) is 0 Å². The van der Waals surface area contributed by atoms with Crippen molar-refractivity contribution in [2.24, 2.45) is 0 Å². The molecule has 1 aliphatic heterocycles. The highest BCUT2D eigenvalue weighted by atomic mass is 32.2. The van der Waals surface area contributed by atoms with Crippen LogP contribution in [0.25, 0.3) is 0 Å². The molecule has 0 aromatic carbocycles. The summed E-state index contributed by atoms with van der Waals surface area (Å²) in [5, 5.41) is 10.2. The second kappa shape index (κ2) is 5.89. The minimum atomic E-state index is 0.341. The van der Waals surface area contributed by atoms with Crippen LogP contribution in [0, 0.1) is 0 Å². The van der Waals surface area contributed by atoms with Gasteiger partial charge in [-0.15, -0.1) is 0 Å². The van der Waals surface area contributed by atoms with Crippen molar-refractivity contribution in [2.45, 2.75) is 37.2 Å².